The molecule has 0 fully saturated rings. The molecule has 0 spiro atoms. The summed E-state index contributed by atoms with van der Waals surface area (Å²) in [5.74, 6) is 1.02. The molecule has 0 aliphatic rings. The topological polar surface area (TPSA) is 29.5 Å². The monoisotopic (exact) mass is 228 g/mol. The Kier molecular flexibility index (Phi) is 3.33. The van der Waals surface area contributed by atoms with Gasteiger partial charge in [0.25, 0.3) is 0 Å². The minimum absolute atomic E-state index is 0.254. The Morgan fingerprint density at radius 1 is 1.00 bits per heavy atom. The minimum Gasteiger partial charge on any atom is -0.508 e. The van der Waals surface area contributed by atoms with Gasteiger partial charge >= 0.3 is 0 Å². The first-order chi connectivity index (χ1) is 8.15. The highest BCUT2D eigenvalue weighted by Gasteiger charge is 2.00. The molecule has 17 heavy (non-hydrogen) atoms. The van der Waals surface area contributed by atoms with E-state index in [1.807, 2.05) is 0 Å². The minimum atomic E-state index is 0.254. The third-order valence-electron chi connectivity index (χ3n) is 2.73. The van der Waals surface area contributed by atoms with Crippen LogP contribution in [0.3, 0.4) is 0 Å². The van der Waals surface area contributed by atoms with E-state index in [9.17, 15) is 0 Å². The smallest absolute Gasteiger partial charge is 0.120 e. The third-order valence-corrected chi connectivity index (χ3v) is 2.73. The lowest BCUT2D eigenvalue weighted by molar-refractivity contribution is 0.305. The van der Waals surface area contributed by atoms with Gasteiger partial charge in [0.2, 0.25) is 0 Å². The van der Waals surface area contributed by atoms with Gasteiger partial charge < -0.3 is 9.84 Å². The number of hydrogen-bond donors (Lipinski definition) is 1. The summed E-state index contributed by atoms with van der Waals surface area (Å²) in [5.41, 5.74) is 3.68. The first-order valence-corrected chi connectivity index (χ1v) is 5.63. The number of phenols is 1. The van der Waals surface area contributed by atoms with Gasteiger partial charge in [-0.25, -0.2) is 0 Å². The van der Waals surface area contributed by atoms with Crippen LogP contribution in [0.2, 0.25) is 0 Å². The van der Waals surface area contributed by atoms with Gasteiger partial charge in [-0.05, 0) is 49.2 Å². The van der Waals surface area contributed by atoms with Gasteiger partial charge in [-0.15, -0.1) is 0 Å². The zero-order valence-corrected chi connectivity index (χ0v) is 10.1. The fraction of sp³-hybridized carbons (Fsp3) is 0.200. The molecule has 0 atom stereocenters. The maximum atomic E-state index is 9.16. The molecule has 0 amide bonds. The fourth-order valence-electron chi connectivity index (χ4n) is 1.71. The summed E-state index contributed by atoms with van der Waals surface area (Å²) in [4.78, 5) is 0. The van der Waals surface area contributed by atoms with Crippen molar-refractivity contribution in [3.05, 3.63) is 59.2 Å². The molecular weight excluding hydrogens is 212 g/mol. The molecule has 2 aromatic carbocycles. The van der Waals surface area contributed by atoms with E-state index in [2.05, 4.69) is 32.0 Å². The Balaban J connectivity index is 2.04. The summed E-state index contributed by atoms with van der Waals surface area (Å²) in [7, 11) is 0. The van der Waals surface area contributed by atoms with Gasteiger partial charge in [-0.3, -0.25) is 0 Å². The fourth-order valence-corrected chi connectivity index (χ4v) is 1.71. The average Bonchev–Trinajstić information content (AvgIpc) is 2.30. The highest BCUT2D eigenvalue weighted by atomic mass is 16.5. The second-order valence-corrected chi connectivity index (χ2v) is 4.21. The van der Waals surface area contributed by atoms with Crippen LogP contribution < -0.4 is 4.74 Å². The SMILES string of the molecule is Cc1ccc(COc2ccc(O)cc2)c(C)c1. The Bertz CT molecular complexity index is 501. The maximum absolute atomic E-state index is 9.16. The molecule has 2 aromatic rings. The molecule has 0 aliphatic carbocycles. The second kappa shape index (κ2) is 4.91. The van der Waals surface area contributed by atoms with Crippen LogP contribution in [0.5, 0.6) is 11.5 Å². The quantitative estimate of drug-likeness (QED) is 0.870. The highest BCUT2D eigenvalue weighted by molar-refractivity contribution is 5.32. The van der Waals surface area contributed by atoms with E-state index in [-0.39, 0.29) is 5.75 Å². The average molecular weight is 228 g/mol. The second-order valence-electron chi connectivity index (χ2n) is 4.21. The lowest BCUT2D eigenvalue weighted by atomic mass is 10.1. The lowest BCUT2D eigenvalue weighted by Crippen LogP contribution is -1.97. The lowest BCUT2D eigenvalue weighted by Gasteiger charge is -2.09. The summed E-state index contributed by atoms with van der Waals surface area (Å²) in [6.45, 7) is 4.72. The van der Waals surface area contributed by atoms with Crippen molar-refractivity contribution in [1.82, 2.24) is 0 Å². The number of aryl methyl sites for hydroxylation is 2. The third kappa shape index (κ3) is 3.00. The van der Waals surface area contributed by atoms with Crippen molar-refractivity contribution in [2.45, 2.75) is 20.5 Å². The molecule has 2 heteroatoms. The van der Waals surface area contributed by atoms with Crippen LogP contribution in [0.4, 0.5) is 0 Å². The summed E-state index contributed by atoms with van der Waals surface area (Å²) < 4.78 is 5.66. The van der Waals surface area contributed by atoms with E-state index in [0.29, 0.717) is 6.61 Å². The first kappa shape index (κ1) is 11.5. The molecule has 0 heterocycles. The number of benzene rings is 2. The summed E-state index contributed by atoms with van der Waals surface area (Å²) in [6, 6.07) is 13.1. The molecule has 88 valence electrons. The summed E-state index contributed by atoms with van der Waals surface area (Å²) in [6.07, 6.45) is 0. The molecular formula is C15H16O2. The van der Waals surface area contributed by atoms with E-state index in [1.54, 1.807) is 24.3 Å². The normalized spacial score (nSPS) is 10.2. The van der Waals surface area contributed by atoms with Crippen molar-refractivity contribution in [1.29, 1.82) is 0 Å². The number of hydrogen-bond acceptors (Lipinski definition) is 2. The molecule has 0 aromatic heterocycles. The van der Waals surface area contributed by atoms with E-state index in [4.69, 9.17) is 9.84 Å². The zero-order chi connectivity index (χ0) is 12.3. The molecule has 0 aliphatic heterocycles. The van der Waals surface area contributed by atoms with Crippen molar-refractivity contribution < 1.29 is 9.84 Å². The molecule has 0 radical (unpaired) electrons. The number of rotatable bonds is 3. The van der Waals surface area contributed by atoms with Gasteiger partial charge in [0, 0.05) is 0 Å². The van der Waals surface area contributed by atoms with Crippen LogP contribution in [0, 0.1) is 13.8 Å². The predicted octanol–water partition coefficient (Wildman–Crippen LogP) is 3.59. The molecule has 1 N–H and O–H groups in total. The van der Waals surface area contributed by atoms with Crippen molar-refractivity contribution in [3.8, 4) is 11.5 Å². The number of aromatic hydroxyl groups is 1. The Morgan fingerprint density at radius 3 is 2.35 bits per heavy atom. The van der Waals surface area contributed by atoms with Gasteiger partial charge in [0.1, 0.15) is 18.1 Å². The van der Waals surface area contributed by atoms with Gasteiger partial charge in [0.05, 0.1) is 0 Å². The predicted molar refractivity (Wildman–Crippen MR) is 68.4 cm³/mol. The van der Waals surface area contributed by atoms with E-state index in [0.717, 1.165) is 5.75 Å². The number of ether oxygens (including phenoxy) is 1. The summed E-state index contributed by atoms with van der Waals surface area (Å²) >= 11 is 0. The van der Waals surface area contributed by atoms with Gasteiger partial charge in [-0.1, -0.05) is 23.8 Å². The largest absolute Gasteiger partial charge is 0.508 e. The van der Waals surface area contributed by atoms with Crippen LogP contribution in [-0.4, -0.2) is 5.11 Å². The van der Waals surface area contributed by atoms with Crippen LogP contribution in [0.15, 0.2) is 42.5 Å². The van der Waals surface area contributed by atoms with Crippen molar-refractivity contribution >= 4 is 0 Å². The van der Waals surface area contributed by atoms with E-state index in [1.165, 1.54) is 16.7 Å². The molecule has 0 saturated heterocycles. The Hall–Kier alpha value is -1.96. The van der Waals surface area contributed by atoms with Gasteiger partial charge in [-0.2, -0.15) is 0 Å². The van der Waals surface area contributed by atoms with Crippen molar-refractivity contribution in [2.75, 3.05) is 0 Å². The van der Waals surface area contributed by atoms with E-state index < -0.39 is 0 Å². The highest BCUT2D eigenvalue weighted by Crippen LogP contribution is 2.18. The molecule has 0 bridgehead atoms. The maximum Gasteiger partial charge on any atom is 0.120 e. The van der Waals surface area contributed by atoms with Crippen LogP contribution in [-0.2, 0) is 6.61 Å². The van der Waals surface area contributed by atoms with Crippen LogP contribution in [0.1, 0.15) is 16.7 Å². The summed E-state index contributed by atoms with van der Waals surface area (Å²) in [5, 5.41) is 9.16. The van der Waals surface area contributed by atoms with Crippen molar-refractivity contribution in [3.63, 3.8) is 0 Å². The molecule has 2 nitrogen and oxygen atoms in total. The number of phenolic OH excluding ortho intramolecular Hbond substituents is 1. The molecule has 0 unspecified atom stereocenters. The zero-order valence-electron chi connectivity index (χ0n) is 10.1. The standard InChI is InChI=1S/C15H16O2/c1-11-3-4-13(12(2)9-11)10-17-15-7-5-14(16)6-8-15/h3-9,16H,10H2,1-2H3. The van der Waals surface area contributed by atoms with Crippen molar-refractivity contribution in [2.24, 2.45) is 0 Å². The van der Waals surface area contributed by atoms with Crippen LogP contribution >= 0.6 is 0 Å². The first-order valence-electron chi connectivity index (χ1n) is 5.63. The molecule has 0 saturated carbocycles. The Labute approximate surface area is 101 Å². The van der Waals surface area contributed by atoms with Gasteiger partial charge in [0.15, 0.2) is 0 Å². The Morgan fingerprint density at radius 2 is 1.71 bits per heavy atom. The van der Waals surface area contributed by atoms with E-state index >= 15 is 0 Å². The van der Waals surface area contributed by atoms with Crippen LogP contribution in [0.25, 0.3) is 0 Å². The molecule has 2 rings (SSSR count).